The van der Waals surface area contributed by atoms with E-state index in [4.69, 9.17) is 24.6 Å². The Balaban J connectivity index is 1.35. The number of hydrogen-bond acceptors (Lipinski definition) is 11. The summed E-state index contributed by atoms with van der Waals surface area (Å²) in [5, 5.41) is 0.673. The van der Waals surface area contributed by atoms with Gasteiger partial charge < -0.3 is 24.2 Å². The number of imidazole rings is 1. The fourth-order valence-corrected chi connectivity index (χ4v) is 6.83. The SMILES string of the molecule is Cc1cnc(-c2cc3c(cc2Sc2nc4c(N)ncnc4n2CCC2CCCN(S(C)(=O)=O)C2)OCO3)o1. The average Bonchev–Trinajstić information content (AvgIpc) is 3.61. The number of nitrogens with zero attached hydrogens (tertiary/aromatic N) is 6. The number of ether oxygens (including phenoxy) is 2. The van der Waals surface area contributed by atoms with Crippen LogP contribution in [0.2, 0.25) is 0 Å². The summed E-state index contributed by atoms with van der Waals surface area (Å²) in [5.74, 6) is 2.93. The molecule has 38 heavy (non-hydrogen) atoms. The van der Waals surface area contributed by atoms with E-state index in [1.807, 2.05) is 23.6 Å². The molecule has 6 rings (SSSR count). The molecule has 0 amide bonds. The van der Waals surface area contributed by atoms with Crippen LogP contribution in [0.5, 0.6) is 11.5 Å². The van der Waals surface area contributed by atoms with Crippen molar-refractivity contribution in [2.45, 2.75) is 42.8 Å². The first-order valence-corrected chi connectivity index (χ1v) is 14.9. The molecular formula is C24H27N7O5S2. The van der Waals surface area contributed by atoms with Crippen LogP contribution in [0.15, 0.2) is 39.1 Å². The number of hydrogen-bond donors (Lipinski definition) is 1. The van der Waals surface area contributed by atoms with Crippen LogP contribution in [0.1, 0.15) is 25.0 Å². The monoisotopic (exact) mass is 557 g/mol. The highest BCUT2D eigenvalue weighted by Crippen LogP contribution is 2.45. The van der Waals surface area contributed by atoms with Crippen LogP contribution in [-0.2, 0) is 16.6 Å². The zero-order valence-electron chi connectivity index (χ0n) is 21.0. The molecule has 2 aliphatic heterocycles. The molecule has 0 saturated carbocycles. The maximum absolute atomic E-state index is 12.1. The number of piperidine rings is 1. The summed E-state index contributed by atoms with van der Waals surface area (Å²) in [7, 11) is -3.22. The molecule has 5 heterocycles. The van der Waals surface area contributed by atoms with E-state index >= 15 is 0 Å². The van der Waals surface area contributed by atoms with Gasteiger partial charge in [-0.2, -0.15) is 0 Å². The molecule has 0 spiro atoms. The molecule has 1 saturated heterocycles. The van der Waals surface area contributed by atoms with Crippen molar-refractivity contribution in [2.75, 3.05) is 31.9 Å². The summed E-state index contributed by atoms with van der Waals surface area (Å²) < 4.78 is 44.9. The Morgan fingerprint density at radius 1 is 1.18 bits per heavy atom. The largest absolute Gasteiger partial charge is 0.454 e. The molecule has 14 heteroatoms. The average molecular weight is 558 g/mol. The number of aryl methyl sites for hydroxylation is 2. The number of oxazole rings is 1. The highest BCUT2D eigenvalue weighted by Gasteiger charge is 2.27. The van der Waals surface area contributed by atoms with E-state index in [-0.39, 0.29) is 12.7 Å². The van der Waals surface area contributed by atoms with Crippen LogP contribution >= 0.6 is 11.8 Å². The summed E-state index contributed by atoms with van der Waals surface area (Å²) in [5.41, 5.74) is 8.06. The third-order valence-corrected chi connectivity index (χ3v) is 9.09. The number of fused-ring (bicyclic) bond motifs is 2. The Morgan fingerprint density at radius 2 is 2.00 bits per heavy atom. The van der Waals surface area contributed by atoms with Crippen molar-refractivity contribution in [3.8, 4) is 23.0 Å². The van der Waals surface area contributed by atoms with Gasteiger partial charge in [0, 0.05) is 24.5 Å². The molecule has 2 aliphatic rings. The van der Waals surface area contributed by atoms with E-state index in [1.165, 1.54) is 24.3 Å². The Morgan fingerprint density at radius 3 is 2.76 bits per heavy atom. The number of anilines is 1. The molecule has 3 aromatic heterocycles. The predicted octanol–water partition coefficient (Wildman–Crippen LogP) is 3.31. The number of aromatic nitrogens is 5. The molecule has 1 unspecified atom stereocenters. The molecule has 0 bridgehead atoms. The zero-order valence-corrected chi connectivity index (χ0v) is 22.6. The lowest BCUT2D eigenvalue weighted by atomic mass is 9.96. The van der Waals surface area contributed by atoms with Crippen LogP contribution in [0.25, 0.3) is 22.6 Å². The third-order valence-electron chi connectivity index (χ3n) is 6.76. The number of nitrogens with two attached hydrogens (primary N) is 1. The molecule has 0 radical (unpaired) electrons. The van der Waals surface area contributed by atoms with Gasteiger partial charge in [-0.3, -0.25) is 0 Å². The topological polar surface area (TPSA) is 151 Å². The van der Waals surface area contributed by atoms with Gasteiger partial charge in [-0.1, -0.05) is 11.8 Å². The lowest BCUT2D eigenvalue weighted by molar-refractivity contribution is 0.174. The minimum atomic E-state index is -3.22. The van der Waals surface area contributed by atoms with Gasteiger partial charge >= 0.3 is 0 Å². The number of nitrogen functional groups attached to an aromatic ring is 1. The molecule has 2 N–H and O–H groups in total. The van der Waals surface area contributed by atoms with Crippen molar-refractivity contribution >= 4 is 38.8 Å². The summed E-state index contributed by atoms with van der Waals surface area (Å²) in [6.45, 7) is 3.66. The van der Waals surface area contributed by atoms with Gasteiger partial charge in [0.1, 0.15) is 12.1 Å². The number of rotatable bonds is 7. The Hall–Kier alpha value is -3.36. The van der Waals surface area contributed by atoms with E-state index in [9.17, 15) is 8.42 Å². The Kier molecular flexibility index (Phi) is 6.40. The normalized spacial score (nSPS) is 17.9. The van der Waals surface area contributed by atoms with Crippen LogP contribution in [0.4, 0.5) is 5.82 Å². The van der Waals surface area contributed by atoms with Crippen LogP contribution in [-0.4, -0.2) is 63.4 Å². The molecule has 1 fully saturated rings. The van der Waals surface area contributed by atoms with Crippen LogP contribution in [0, 0.1) is 12.8 Å². The van der Waals surface area contributed by atoms with Gasteiger partial charge in [0.25, 0.3) is 0 Å². The number of sulfonamides is 1. The standard InChI is InChI=1S/C24H27N7O5S2/c1-14-10-26-23(36-14)16-8-17-18(35-13-34-17)9-19(16)37-24-29-20-21(25)27-12-28-22(20)31(24)7-5-15-4-3-6-30(11-15)38(2,32)33/h8-10,12,15H,3-7,11,13H2,1-2H3,(H2,25,27,28). The maximum Gasteiger partial charge on any atom is 0.231 e. The molecule has 0 aliphatic carbocycles. The second-order valence-electron chi connectivity index (χ2n) is 9.47. The first-order chi connectivity index (χ1) is 18.3. The summed E-state index contributed by atoms with van der Waals surface area (Å²) in [4.78, 5) is 18.6. The van der Waals surface area contributed by atoms with Gasteiger partial charge in [0.2, 0.25) is 22.7 Å². The van der Waals surface area contributed by atoms with Crippen molar-refractivity contribution in [1.29, 1.82) is 0 Å². The fourth-order valence-electron chi connectivity index (χ4n) is 4.84. The van der Waals surface area contributed by atoms with Gasteiger partial charge in [-0.25, -0.2) is 32.7 Å². The first kappa shape index (κ1) is 24.9. The van der Waals surface area contributed by atoms with E-state index in [0.29, 0.717) is 64.9 Å². The van der Waals surface area contributed by atoms with Gasteiger partial charge in [-0.15, -0.1) is 0 Å². The molecule has 1 atom stereocenters. The summed E-state index contributed by atoms with van der Waals surface area (Å²) >= 11 is 1.42. The molecule has 1 aromatic carbocycles. The van der Waals surface area contributed by atoms with Crippen LogP contribution in [0.3, 0.4) is 0 Å². The first-order valence-electron chi connectivity index (χ1n) is 12.2. The minimum Gasteiger partial charge on any atom is -0.454 e. The van der Waals surface area contributed by atoms with E-state index in [2.05, 4.69) is 15.0 Å². The summed E-state index contributed by atoms with van der Waals surface area (Å²) in [6.07, 6.45) is 6.94. The summed E-state index contributed by atoms with van der Waals surface area (Å²) in [6, 6.07) is 3.75. The van der Waals surface area contributed by atoms with E-state index < -0.39 is 10.0 Å². The lowest BCUT2D eigenvalue weighted by Gasteiger charge is -2.31. The van der Waals surface area contributed by atoms with Gasteiger partial charge in [0.15, 0.2) is 33.6 Å². The molecule has 12 nitrogen and oxygen atoms in total. The second kappa shape index (κ2) is 9.75. The van der Waals surface area contributed by atoms with Crippen molar-refractivity contribution in [2.24, 2.45) is 5.92 Å². The lowest BCUT2D eigenvalue weighted by Crippen LogP contribution is -2.39. The van der Waals surface area contributed by atoms with Gasteiger partial charge in [0.05, 0.1) is 18.0 Å². The molecular weight excluding hydrogens is 530 g/mol. The molecule has 200 valence electrons. The second-order valence-corrected chi connectivity index (χ2v) is 12.5. The maximum atomic E-state index is 12.1. The third kappa shape index (κ3) is 4.78. The van der Waals surface area contributed by atoms with Crippen molar-refractivity contribution in [3.63, 3.8) is 0 Å². The van der Waals surface area contributed by atoms with E-state index in [0.717, 1.165) is 29.7 Å². The predicted molar refractivity (Wildman–Crippen MR) is 140 cm³/mol. The van der Waals surface area contributed by atoms with E-state index in [1.54, 1.807) is 10.5 Å². The molecule has 4 aromatic rings. The Labute approximate surface area is 223 Å². The quantitative estimate of drug-likeness (QED) is 0.356. The van der Waals surface area contributed by atoms with Crippen LogP contribution < -0.4 is 15.2 Å². The van der Waals surface area contributed by atoms with Crippen molar-refractivity contribution in [3.05, 3.63) is 30.4 Å². The van der Waals surface area contributed by atoms with Crippen molar-refractivity contribution in [1.82, 2.24) is 28.8 Å². The fraction of sp³-hybridized carbons (Fsp3) is 0.417. The van der Waals surface area contributed by atoms with Gasteiger partial charge in [-0.05, 0) is 44.2 Å². The smallest absolute Gasteiger partial charge is 0.231 e. The number of benzene rings is 1. The highest BCUT2D eigenvalue weighted by atomic mass is 32.2. The van der Waals surface area contributed by atoms with Crippen molar-refractivity contribution < 1.29 is 22.3 Å². The zero-order chi connectivity index (χ0) is 26.4. The minimum absolute atomic E-state index is 0.143. The Bertz CT molecular complexity index is 1620. The highest BCUT2D eigenvalue weighted by molar-refractivity contribution is 7.99.